The van der Waals surface area contributed by atoms with Crippen molar-refractivity contribution in [2.75, 3.05) is 0 Å². The third-order valence-corrected chi connectivity index (χ3v) is 2.86. The van der Waals surface area contributed by atoms with Crippen molar-refractivity contribution < 1.29 is 14.4 Å². The molecule has 0 spiro atoms. The van der Waals surface area contributed by atoms with Crippen LogP contribution in [-0.2, 0) is 0 Å². The summed E-state index contributed by atoms with van der Waals surface area (Å²) in [6, 6.07) is 1.61. The average molecular weight is 248 g/mol. The third kappa shape index (κ3) is 1.96. The molecule has 0 saturated carbocycles. The summed E-state index contributed by atoms with van der Waals surface area (Å²) in [5, 5.41) is 13.8. The van der Waals surface area contributed by atoms with Crippen LogP contribution in [0.2, 0.25) is 0 Å². The van der Waals surface area contributed by atoms with Gasteiger partial charge in [0.1, 0.15) is 0 Å². The Morgan fingerprint density at radius 3 is 2.44 bits per heavy atom. The first kappa shape index (κ1) is 12.5. The molecule has 0 fully saturated rings. The topological polar surface area (TPSA) is 76.2 Å². The highest BCUT2D eigenvalue weighted by Gasteiger charge is 2.22. The van der Waals surface area contributed by atoms with Crippen molar-refractivity contribution in [1.82, 2.24) is 10.1 Å². The molecule has 0 aliphatic carbocycles. The molecule has 2 aromatic rings. The highest BCUT2D eigenvalue weighted by Crippen LogP contribution is 2.29. The summed E-state index contributed by atoms with van der Waals surface area (Å²) in [4.78, 5) is 15.7. The number of nitrogens with zero attached hydrogens (tertiary/aromatic N) is 2. The second-order valence-electron chi connectivity index (χ2n) is 4.96. The van der Waals surface area contributed by atoms with E-state index in [-0.39, 0.29) is 17.4 Å². The summed E-state index contributed by atoms with van der Waals surface area (Å²) in [5.41, 5.74) is 1.87. The fraction of sp³-hybridized carbons (Fsp3) is 0.462. The van der Waals surface area contributed by atoms with Gasteiger partial charge in [0, 0.05) is 5.69 Å². The average Bonchev–Trinajstić information content (AvgIpc) is 2.70. The lowest BCUT2D eigenvalue weighted by Crippen LogP contribution is -2.03. The minimum absolute atomic E-state index is 0.0936. The van der Waals surface area contributed by atoms with Gasteiger partial charge < -0.3 is 9.63 Å². The Bertz CT molecular complexity index is 600. The van der Waals surface area contributed by atoms with E-state index in [2.05, 4.69) is 10.1 Å². The second-order valence-corrected chi connectivity index (χ2v) is 4.96. The molecule has 2 aromatic heterocycles. The van der Waals surface area contributed by atoms with E-state index in [1.165, 1.54) is 0 Å². The number of hydrogen-bond donors (Lipinski definition) is 1. The molecule has 0 bridgehead atoms. The van der Waals surface area contributed by atoms with Gasteiger partial charge in [-0.3, -0.25) is 0 Å². The smallest absolute Gasteiger partial charge is 0.336 e. The lowest BCUT2D eigenvalue weighted by Gasteiger charge is -2.07. The van der Waals surface area contributed by atoms with Crippen LogP contribution in [0.3, 0.4) is 0 Å². The van der Waals surface area contributed by atoms with E-state index in [1.54, 1.807) is 6.07 Å². The van der Waals surface area contributed by atoms with Crippen LogP contribution in [0.1, 0.15) is 61.3 Å². The molecule has 2 heterocycles. The molecule has 0 aliphatic rings. The van der Waals surface area contributed by atoms with Crippen LogP contribution < -0.4 is 0 Å². The van der Waals surface area contributed by atoms with Crippen LogP contribution in [0.4, 0.5) is 0 Å². The first-order chi connectivity index (χ1) is 8.41. The van der Waals surface area contributed by atoms with Gasteiger partial charge in [0.05, 0.1) is 16.6 Å². The standard InChI is InChI=1S/C13H16N2O3/c1-6(2)9-5-8(13(16)17)10-11(7(3)4)15-18-12(10)14-9/h5-7H,1-4H3,(H,16,17). The monoisotopic (exact) mass is 248 g/mol. The molecule has 96 valence electrons. The Morgan fingerprint density at radius 1 is 1.28 bits per heavy atom. The first-order valence-electron chi connectivity index (χ1n) is 5.95. The molecule has 0 unspecified atom stereocenters. The van der Waals surface area contributed by atoms with Gasteiger partial charge in [-0.25, -0.2) is 9.78 Å². The molecule has 5 heteroatoms. The maximum atomic E-state index is 11.4. The fourth-order valence-corrected chi connectivity index (χ4v) is 1.85. The Hall–Kier alpha value is -1.91. The zero-order chi connectivity index (χ0) is 13.4. The number of fused-ring (bicyclic) bond motifs is 1. The number of carbonyl (C=O) groups is 1. The van der Waals surface area contributed by atoms with Gasteiger partial charge in [0.25, 0.3) is 5.71 Å². The van der Waals surface area contributed by atoms with E-state index in [9.17, 15) is 9.90 Å². The second kappa shape index (κ2) is 4.40. The van der Waals surface area contributed by atoms with Crippen LogP contribution in [0.15, 0.2) is 10.6 Å². The molecule has 0 aromatic carbocycles. The number of aromatic nitrogens is 2. The molecule has 0 radical (unpaired) electrons. The van der Waals surface area contributed by atoms with Crippen molar-refractivity contribution in [2.24, 2.45) is 0 Å². The highest BCUT2D eigenvalue weighted by atomic mass is 16.5. The van der Waals surface area contributed by atoms with Gasteiger partial charge in [-0.15, -0.1) is 0 Å². The molecule has 18 heavy (non-hydrogen) atoms. The minimum Gasteiger partial charge on any atom is -0.478 e. The SMILES string of the molecule is CC(C)c1cc(C(=O)O)c2c(C(C)C)noc2n1. The number of pyridine rings is 1. The predicted molar refractivity (Wildman–Crippen MR) is 66.9 cm³/mol. The van der Waals surface area contributed by atoms with Crippen molar-refractivity contribution in [1.29, 1.82) is 0 Å². The van der Waals surface area contributed by atoms with Crippen LogP contribution in [0, 0.1) is 0 Å². The molecular formula is C13H16N2O3. The lowest BCUT2D eigenvalue weighted by molar-refractivity contribution is 0.0698. The third-order valence-electron chi connectivity index (χ3n) is 2.86. The molecular weight excluding hydrogens is 232 g/mol. The van der Waals surface area contributed by atoms with Crippen LogP contribution in [0.25, 0.3) is 11.1 Å². The number of hydrogen-bond acceptors (Lipinski definition) is 4. The summed E-state index contributed by atoms with van der Waals surface area (Å²) in [6.07, 6.45) is 0. The van der Waals surface area contributed by atoms with Crippen LogP contribution in [0.5, 0.6) is 0 Å². The molecule has 0 aliphatic heterocycles. The Labute approximate surface area is 105 Å². The Balaban J connectivity index is 2.80. The highest BCUT2D eigenvalue weighted by molar-refractivity contribution is 6.02. The Morgan fingerprint density at radius 2 is 1.94 bits per heavy atom. The van der Waals surface area contributed by atoms with Crippen molar-refractivity contribution in [2.45, 2.75) is 39.5 Å². The zero-order valence-corrected chi connectivity index (χ0v) is 10.9. The van der Waals surface area contributed by atoms with Gasteiger partial charge in [-0.1, -0.05) is 32.9 Å². The normalized spacial score (nSPS) is 11.7. The van der Waals surface area contributed by atoms with Crippen LogP contribution >= 0.6 is 0 Å². The van der Waals surface area contributed by atoms with E-state index in [0.29, 0.717) is 22.5 Å². The number of aromatic carboxylic acids is 1. The number of carboxylic acid groups (broad SMARTS) is 1. The first-order valence-corrected chi connectivity index (χ1v) is 5.95. The molecule has 0 atom stereocenters. The summed E-state index contributed by atoms with van der Waals surface area (Å²) >= 11 is 0. The summed E-state index contributed by atoms with van der Waals surface area (Å²) in [6.45, 7) is 7.80. The molecule has 1 N–H and O–H groups in total. The van der Waals surface area contributed by atoms with Crippen LogP contribution in [-0.4, -0.2) is 21.2 Å². The van der Waals surface area contributed by atoms with Gasteiger partial charge in [0.15, 0.2) is 0 Å². The van der Waals surface area contributed by atoms with Crippen molar-refractivity contribution in [3.63, 3.8) is 0 Å². The number of carboxylic acids is 1. The lowest BCUT2D eigenvalue weighted by atomic mass is 10.0. The van der Waals surface area contributed by atoms with Gasteiger partial charge in [-0.2, -0.15) is 0 Å². The van der Waals surface area contributed by atoms with E-state index in [4.69, 9.17) is 4.52 Å². The minimum atomic E-state index is -0.977. The maximum Gasteiger partial charge on any atom is 0.336 e. The molecule has 5 nitrogen and oxygen atoms in total. The fourth-order valence-electron chi connectivity index (χ4n) is 1.85. The van der Waals surface area contributed by atoms with Crippen molar-refractivity contribution >= 4 is 17.1 Å². The van der Waals surface area contributed by atoms with E-state index < -0.39 is 5.97 Å². The van der Waals surface area contributed by atoms with E-state index in [0.717, 1.165) is 0 Å². The summed E-state index contributed by atoms with van der Waals surface area (Å²) in [7, 11) is 0. The Kier molecular flexibility index (Phi) is 3.07. The zero-order valence-electron chi connectivity index (χ0n) is 10.9. The van der Waals surface area contributed by atoms with Crippen molar-refractivity contribution in [3.8, 4) is 0 Å². The largest absolute Gasteiger partial charge is 0.478 e. The van der Waals surface area contributed by atoms with E-state index >= 15 is 0 Å². The predicted octanol–water partition coefficient (Wildman–Crippen LogP) is 3.17. The molecule has 0 saturated heterocycles. The van der Waals surface area contributed by atoms with Gasteiger partial charge in [-0.05, 0) is 17.9 Å². The maximum absolute atomic E-state index is 11.4. The van der Waals surface area contributed by atoms with Crippen molar-refractivity contribution in [3.05, 3.63) is 23.0 Å². The quantitative estimate of drug-likeness (QED) is 0.902. The molecule has 2 rings (SSSR count). The number of rotatable bonds is 3. The van der Waals surface area contributed by atoms with Gasteiger partial charge in [0.2, 0.25) is 0 Å². The van der Waals surface area contributed by atoms with E-state index in [1.807, 2.05) is 27.7 Å². The summed E-state index contributed by atoms with van der Waals surface area (Å²) < 4.78 is 5.17. The molecule has 0 amide bonds. The van der Waals surface area contributed by atoms with Gasteiger partial charge >= 0.3 is 5.97 Å². The summed E-state index contributed by atoms with van der Waals surface area (Å²) in [5.74, 6) is -0.745.